The highest BCUT2D eigenvalue weighted by atomic mass is 32.1. The van der Waals surface area contributed by atoms with E-state index in [1.54, 1.807) is 0 Å². The highest BCUT2D eigenvalue weighted by molar-refractivity contribution is 7.25. The van der Waals surface area contributed by atoms with E-state index in [2.05, 4.69) is 199 Å². The van der Waals surface area contributed by atoms with Gasteiger partial charge >= 0.3 is 0 Å². The van der Waals surface area contributed by atoms with Crippen molar-refractivity contribution in [1.29, 1.82) is 0 Å². The van der Waals surface area contributed by atoms with E-state index in [4.69, 9.17) is 4.42 Å². The molecule has 0 bridgehead atoms. The topological polar surface area (TPSA) is 16.4 Å². The molecule has 55 heavy (non-hydrogen) atoms. The highest BCUT2D eigenvalue weighted by Gasteiger charge is 2.21. The minimum atomic E-state index is 0.887. The average Bonchev–Trinajstić information content (AvgIpc) is 3.82. The third kappa shape index (κ3) is 5.40. The molecule has 0 aliphatic carbocycles. The monoisotopic (exact) mass is 719 g/mol. The lowest BCUT2D eigenvalue weighted by Crippen LogP contribution is -2.11. The van der Waals surface area contributed by atoms with Gasteiger partial charge in [-0.15, -0.1) is 11.3 Å². The smallest absolute Gasteiger partial charge is 0.136 e. The van der Waals surface area contributed by atoms with Gasteiger partial charge in [0.2, 0.25) is 0 Å². The van der Waals surface area contributed by atoms with Gasteiger partial charge in [0.25, 0.3) is 0 Å². The molecular weight excluding hydrogens is 687 g/mol. The first-order valence-corrected chi connectivity index (χ1v) is 19.5. The third-order valence-electron chi connectivity index (χ3n) is 10.9. The molecule has 0 radical (unpaired) electrons. The number of rotatable bonds is 6. The SMILES string of the molecule is c1cc(-c2ccc3sc4ccccc4c3c2)cc(N(c2ccc(-c3ccc4ccccc4c3)cc2)c2ccccc2-c2cccc3oc4ccccc4c23)c1. The van der Waals surface area contributed by atoms with Crippen LogP contribution in [0.25, 0.3) is 86.3 Å². The second-order valence-corrected chi connectivity index (χ2v) is 15.2. The van der Waals surface area contributed by atoms with Crippen LogP contribution in [0.4, 0.5) is 17.1 Å². The van der Waals surface area contributed by atoms with Crippen LogP contribution in [0.15, 0.2) is 205 Å². The molecule has 0 atom stereocenters. The standard InChI is InChI=1S/C52H33NOS/c1-2-12-36-31-38(24-23-34(36)11-1)35-25-28-40(29-26-35)53(41-14-9-13-37(32-41)39-27-30-51-46(33-39)43-16-5-8-22-50(43)55-51)47-19-6-3-15-42(47)44-18-10-21-49-52(44)45-17-4-7-20-48(45)54-49/h1-33H. The summed E-state index contributed by atoms with van der Waals surface area (Å²) >= 11 is 1.85. The number of hydrogen-bond acceptors (Lipinski definition) is 3. The summed E-state index contributed by atoms with van der Waals surface area (Å²) in [5.74, 6) is 0. The summed E-state index contributed by atoms with van der Waals surface area (Å²) in [6.07, 6.45) is 0. The van der Waals surface area contributed by atoms with E-state index in [0.29, 0.717) is 0 Å². The molecule has 11 aromatic rings. The first kappa shape index (κ1) is 31.6. The molecule has 0 spiro atoms. The number of fused-ring (bicyclic) bond motifs is 7. The van der Waals surface area contributed by atoms with Gasteiger partial charge in [0, 0.05) is 47.9 Å². The van der Waals surface area contributed by atoms with Gasteiger partial charge in [-0.3, -0.25) is 0 Å². The fourth-order valence-electron chi connectivity index (χ4n) is 8.22. The van der Waals surface area contributed by atoms with Crippen molar-refractivity contribution in [2.24, 2.45) is 0 Å². The lowest BCUT2D eigenvalue weighted by molar-refractivity contribution is 0.669. The first-order valence-electron chi connectivity index (χ1n) is 18.7. The van der Waals surface area contributed by atoms with E-state index in [1.807, 2.05) is 17.4 Å². The second kappa shape index (κ2) is 12.9. The predicted molar refractivity (Wildman–Crippen MR) is 235 cm³/mol. The number of furan rings is 1. The summed E-state index contributed by atoms with van der Waals surface area (Å²) in [7, 11) is 0. The zero-order valence-corrected chi connectivity index (χ0v) is 30.6. The Hall–Kier alpha value is -6.94. The lowest BCUT2D eigenvalue weighted by atomic mass is 9.96. The number of hydrogen-bond donors (Lipinski definition) is 0. The summed E-state index contributed by atoms with van der Waals surface area (Å²) in [4.78, 5) is 2.41. The number of para-hydroxylation sites is 2. The number of benzene rings is 9. The summed E-state index contributed by atoms with van der Waals surface area (Å²) < 4.78 is 9.00. The molecule has 0 fully saturated rings. The van der Waals surface area contributed by atoms with E-state index in [-0.39, 0.29) is 0 Å². The Balaban J connectivity index is 1.09. The van der Waals surface area contributed by atoms with Crippen LogP contribution in [-0.2, 0) is 0 Å². The fourth-order valence-corrected chi connectivity index (χ4v) is 9.31. The third-order valence-corrected chi connectivity index (χ3v) is 12.0. The van der Waals surface area contributed by atoms with Crippen LogP contribution in [0.1, 0.15) is 0 Å². The normalized spacial score (nSPS) is 11.6. The molecule has 0 aliphatic rings. The van der Waals surface area contributed by atoms with Crippen LogP contribution in [0.3, 0.4) is 0 Å². The molecule has 2 nitrogen and oxygen atoms in total. The Labute approximate surface area is 322 Å². The highest BCUT2D eigenvalue weighted by Crippen LogP contribution is 2.46. The Morgan fingerprint density at radius 1 is 0.364 bits per heavy atom. The van der Waals surface area contributed by atoms with Crippen LogP contribution < -0.4 is 4.90 Å². The second-order valence-electron chi connectivity index (χ2n) is 14.1. The largest absolute Gasteiger partial charge is 0.456 e. The van der Waals surface area contributed by atoms with Crippen molar-refractivity contribution in [3.63, 3.8) is 0 Å². The van der Waals surface area contributed by atoms with E-state index in [9.17, 15) is 0 Å². The van der Waals surface area contributed by atoms with Crippen molar-refractivity contribution in [3.05, 3.63) is 200 Å². The van der Waals surface area contributed by atoms with Gasteiger partial charge in [-0.1, -0.05) is 133 Å². The maximum absolute atomic E-state index is 6.37. The van der Waals surface area contributed by atoms with Gasteiger partial charge in [-0.05, 0) is 105 Å². The van der Waals surface area contributed by atoms with Crippen LogP contribution in [0.2, 0.25) is 0 Å². The number of anilines is 3. The molecule has 0 saturated carbocycles. The Morgan fingerprint density at radius 3 is 1.95 bits per heavy atom. The Kier molecular flexibility index (Phi) is 7.39. The molecule has 0 saturated heterocycles. The maximum Gasteiger partial charge on any atom is 0.136 e. The summed E-state index contributed by atoms with van der Waals surface area (Å²) in [6, 6.07) is 72.3. The van der Waals surface area contributed by atoms with E-state index < -0.39 is 0 Å². The van der Waals surface area contributed by atoms with Crippen LogP contribution in [0, 0.1) is 0 Å². The van der Waals surface area contributed by atoms with Crippen LogP contribution in [0.5, 0.6) is 0 Å². The fraction of sp³-hybridized carbons (Fsp3) is 0. The first-order chi connectivity index (χ1) is 27.2. The molecule has 2 heterocycles. The van der Waals surface area contributed by atoms with Crippen molar-refractivity contribution in [3.8, 4) is 33.4 Å². The molecule has 0 unspecified atom stereocenters. The summed E-state index contributed by atoms with van der Waals surface area (Å²) in [6.45, 7) is 0. The van der Waals surface area contributed by atoms with Gasteiger partial charge < -0.3 is 9.32 Å². The zero-order valence-electron chi connectivity index (χ0n) is 29.8. The van der Waals surface area contributed by atoms with Gasteiger partial charge in [-0.25, -0.2) is 0 Å². The van der Waals surface area contributed by atoms with Crippen molar-refractivity contribution >= 4 is 81.3 Å². The van der Waals surface area contributed by atoms with Crippen molar-refractivity contribution < 1.29 is 4.42 Å². The molecule has 0 aliphatic heterocycles. The number of nitrogens with zero attached hydrogens (tertiary/aromatic N) is 1. The lowest BCUT2D eigenvalue weighted by Gasteiger charge is -2.28. The van der Waals surface area contributed by atoms with Gasteiger partial charge in [0.15, 0.2) is 0 Å². The van der Waals surface area contributed by atoms with E-state index >= 15 is 0 Å². The zero-order chi connectivity index (χ0) is 36.3. The van der Waals surface area contributed by atoms with Crippen LogP contribution >= 0.6 is 11.3 Å². The average molecular weight is 720 g/mol. The quantitative estimate of drug-likeness (QED) is 0.170. The van der Waals surface area contributed by atoms with Gasteiger partial charge in [0.1, 0.15) is 11.2 Å². The van der Waals surface area contributed by atoms with Gasteiger partial charge in [-0.2, -0.15) is 0 Å². The maximum atomic E-state index is 6.37. The predicted octanol–water partition coefficient (Wildman–Crippen LogP) is 15.6. The Bertz CT molecular complexity index is 3220. The Morgan fingerprint density at radius 2 is 1.02 bits per heavy atom. The summed E-state index contributed by atoms with van der Waals surface area (Å²) in [5.41, 5.74) is 12.1. The van der Waals surface area contributed by atoms with Crippen molar-refractivity contribution in [1.82, 2.24) is 0 Å². The molecule has 9 aromatic carbocycles. The molecule has 0 N–H and O–H groups in total. The molecule has 258 valence electrons. The van der Waals surface area contributed by atoms with E-state index in [1.165, 1.54) is 53.2 Å². The van der Waals surface area contributed by atoms with Gasteiger partial charge in [0.05, 0.1) is 5.69 Å². The van der Waals surface area contributed by atoms with Crippen LogP contribution in [-0.4, -0.2) is 0 Å². The molecule has 0 amide bonds. The minimum Gasteiger partial charge on any atom is -0.456 e. The van der Waals surface area contributed by atoms with E-state index in [0.717, 1.165) is 50.1 Å². The molecule has 2 aromatic heterocycles. The number of thiophene rings is 1. The van der Waals surface area contributed by atoms with Crippen molar-refractivity contribution in [2.75, 3.05) is 4.90 Å². The molecule has 3 heteroatoms. The summed E-state index contributed by atoms with van der Waals surface area (Å²) in [5, 5.41) is 7.34. The molecular formula is C52H33NOS. The minimum absolute atomic E-state index is 0.887. The molecule has 11 rings (SSSR count). The van der Waals surface area contributed by atoms with Crippen molar-refractivity contribution in [2.45, 2.75) is 0 Å².